The number of hydrogen-bond donors (Lipinski definition) is 2. The third-order valence-electron chi connectivity index (χ3n) is 10.6. The van der Waals surface area contributed by atoms with E-state index >= 15 is 4.39 Å². The first-order valence-electron chi connectivity index (χ1n) is 16.9. The minimum absolute atomic E-state index is 0.218. The lowest BCUT2D eigenvalue weighted by Crippen LogP contribution is -2.60. The van der Waals surface area contributed by atoms with Crippen LogP contribution in [0.15, 0.2) is 67.1 Å². The van der Waals surface area contributed by atoms with E-state index in [9.17, 15) is 13.6 Å². The molecule has 3 atom stereocenters. The molecule has 3 aliphatic rings. The molecule has 250 valence electrons. The normalized spacial score (nSPS) is 25.0. The van der Waals surface area contributed by atoms with E-state index in [-0.39, 0.29) is 23.4 Å². The number of halogens is 3. The number of hydrogen-bond acceptors (Lipinski definition) is 6. The number of amides is 1. The number of carbonyl (C=O) groups is 1. The molecule has 1 amide bonds. The zero-order valence-corrected chi connectivity index (χ0v) is 26.8. The Morgan fingerprint density at radius 2 is 1.81 bits per heavy atom. The summed E-state index contributed by atoms with van der Waals surface area (Å²) in [6, 6.07) is 15.0. The Bertz CT molecular complexity index is 1930. The van der Waals surface area contributed by atoms with Gasteiger partial charge >= 0.3 is 0 Å². The highest BCUT2D eigenvalue weighted by molar-refractivity contribution is 5.83. The summed E-state index contributed by atoms with van der Waals surface area (Å²) in [5, 5.41) is 3.62. The average Bonchev–Trinajstić information content (AvgIpc) is 3.83. The maximum atomic E-state index is 16.7. The molecule has 8 rings (SSSR count). The summed E-state index contributed by atoms with van der Waals surface area (Å²) < 4.78 is 46.2. The quantitative estimate of drug-likeness (QED) is 0.200. The van der Waals surface area contributed by atoms with Crippen LogP contribution in [0.4, 0.5) is 19.1 Å². The van der Waals surface area contributed by atoms with Crippen LogP contribution < -0.4 is 5.32 Å². The highest BCUT2D eigenvalue weighted by Gasteiger charge is 2.50. The van der Waals surface area contributed by atoms with Gasteiger partial charge in [0.15, 0.2) is 5.82 Å². The van der Waals surface area contributed by atoms with Crippen LogP contribution in [0.5, 0.6) is 0 Å². The molecule has 1 saturated carbocycles. The lowest BCUT2D eigenvalue weighted by atomic mass is 9.79. The van der Waals surface area contributed by atoms with Gasteiger partial charge in [-0.25, -0.2) is 28.1 Å². The Morgan fingerprint density at radius 3 is 2.58 bits per heavy atom. The summed E-state index contributed by atoms with van der Waals surface area (Å²) in [5.74, 6) is -2.67. The molecule has 5 aromatic rings. The molecule has 3 fully saturated rings. The molecule has 2 aromatic carbocycles. The van der Waals surface area contributed by atoms with Crippen LogP contribution in [0.3, 0.4) is 0 Å². The number of aromatic nitrogens is 5. The number of fused-ring (bicyclic) bond motifs is 2. The number of likely N-dealkylation sites (tertiary alicyclic amines) is 2. The fraction of sp³-hybridized carbons (Fsp3) is 0.444. The molecule has 9 nitrogen and oxygen atoms in total. The summed E-state index contributed by atoms with van der Waals surface area (Å²) in [5.41, 5.74) is 3.02. The first kappa shape index (κ1) is 30.9. The van der Waals surface area contributed by atoms with Gasteiger partial charge in [-0.05, 0) is 47.9 Å². The molecule has 2 saturated heterocycles. The molecule has 12 heteroatoms. The molecular formula is C36H39F3N8O. The van der Waals surface area contributed by atoms with Crippen molar-refractivity contribution in [3.8, 4) is 0 Å². The standard InChI is InChI=1S/C36H39F3N8O/c1-22-7-9-24(10-8-22)31(44-35-41-14-13-29-40-15-16-47(29)35)33-42-28-12-11-25(30(37)32(28)43-33)26-18-45(17-23-5-3-2-4-6-23)19-27(26)34(48)46-20-36(38,39)21-46/h2-6,11-16,22,24,26-27,31H,7-10,17-21H2,1H3,(H,41,44)(H,42,43)/t22?,24?,26?,27?,31-/m0/s1. The fourth-order valence-corrected chi connectivity index (χ4v) is 7.96. The maximum absolute atomic E-state index is 16.7. The Hall–Kier alpha value is -4.45. The molecular weight excluding hydrogens is 617 g/mol. The summed E-state index contributed by atoms with van der Waals surface area (Å²) in [6.07, 6.45) is 9.51. The Kier molecular flexibility index (Phi) is 7.85. The zero-order chi connectivity index (χ0) is 33.0. The third kappa shape index (κ3) is 5.80. The van der Waals surface area contributed by atoms with Gasteiger partial charge in [0.1, 0.15) is 17.0 Å². The first-order valence-corrected chi connectivity index (χ1v) is 16.9. The fourth-order valence-electron chi connectivity index (χ4n) is 7.96. The van der Waals surface area contributed by atoms with Gasteiger partial charge in [-0.3, -0.25) is 14.1 Å². The predicted octanol–water partition coefficient (Wildman–Crippen LogP) is 6.42. The number of carbonyl (C=O) groups excluding carboxylic acids is 1. The van der Waals surface area contributed by atoms with Crippen molar-refractivity contribution in [3.05, 3.63) is 89.9 Å². The molecule has 2 aliphatic heterocycles. The molecule has 5 heterocycles. The molecule has 3 aromatic heterocycles. The molecule has 0 radical (unpaired) electrons. The van der Waals surface area contributed by atoms with Gasteiger partial charge in [0.25, 0.3) is 5.92 Å². The number of alkyl halides is 2. The van der Waals surface area contributed by atoms with Crippen molar-refractivity contribution in [2.45, 2.75) is 57.0 Å². The van der Waals surface area contributed by atoms with Crippen LogP contribution in [0.2, 0.25) is 0 Å². The second-order valence-corrected chi connectivity index (χ2v) is 14.0. The van der Waals surface area contributed by atoms with Gasteiger partial charge in [0.05, 0.1) is 30.6 Å². The van der Waals surface area contributed by atoms with Crippen LogP contribution in [-0.4, -0.2) is 72.1 Å². The molecule has 2 unspecified atom stereocenters. The van der Waals surface area contributed by atoms with Crippen LogP contribution in [0.1, 0.15) is 61.5 Å². The predicted molar refractivity (Wildman–Crippen MR) is 176 cm³/mol. The molecule has 0 spiro atoms. The second-order valence-electron chi connectivity index (χ2n) is 14.0. The lowest BCUT2D eigenvalue weighted by Gasteiger charge is -2.40. The van der Waals surface area contributed by atoms with Crippen LogP contribution >= 0.6 is 0 Å². The van der Waals surface area contributed by atoms with Crippen LogP contribution in [-0.2, 0) is 11.3 Å². The topological polar surface area (TPSA) is 94.4 Å². The van der Waals surface area contributed by atoms with Gasteiger partial charge in [-0.15, -0.1) is 0 Å². The summed E-state index contributed by atoms with van der Waals surface area (Å²) in [6.45, 7) is 2.48. The largest absolute Gasteiger partial charge is 0.345 e. The minimum atomic E-state index is -2.87. The monoisotopic (exact) mass is 656 g/mol. The lowest BCUT2D eigenvalue weighted by molar-refractivity contribution is -0.169. The highest BCUT2D eigenvalue weighted by Crippen LogP contribution is 2.41. The van der Waals surface area contributed by atoms with Crippen molar-refractivity contribution in [1.82, 2.24) is 34.1 Å². The number of H-pyrrole nitrogens is 1. The van der Waals surface area contributed by atoms with Crippen molar-refractivity contribution < 1.29 is 18.0 Å². The van der Waals surface area contributed by atoms with Gasteiger partial charge in [0.2, 0.25) is 11.9 Å². The van der Waals surface area contributed by atoms with Crippen LogP contribution in [0.25, 0.3) is 16.7 Å². The first-order chi connectivity index (χ1) is 23.2. The van der Waals surface area contributed by atoms with Gasteiger partial charge in [-0.1, -0.05) is 56.2 Å². The highest BCUT2D eigenvalue weighted by atomic mass is 19.3. The van der Waals surface area contributed by atoms with Crippen LogP contribution in [0, 0.1) is 23.6 Å². The van der Waals surface area contributed by atoms with E-state index in [4.69, 9.17) is 4.98 Å². The number of nitrogens with zero attached hydrogens (tertiary/aromatic N) is 6. The van der Waals surface area contributed by atoms with E-state index in [1.54, 1.807) is 18.5 Å². The van der Waals surface area contributed by atoms with Crippen molar-refractivity contribution in [2.75, 3.05) is 31.5 Å². The summed E-state index contributed by atoms with van der Waals surface area (Å²) in [4.78, 5) is 34.2. The SMILES string of the molecule is CC1CCC([C@H](Nc2nccc3nccn23)c2nc3c(F)c(C4CN(Cc5ccccc5)CC4C(=O)N4CC(F)(F)C4)ccc3[nH]2)CC1. The van der Waals surface area contributed by atoms with Gasteiger partial charge in [0, 0.05) is 44.1 Å². The smallest absolute Gasteiger partial charge is 0.282 e. The third-order valence-corrected chi connectivity index (χ3v) is 10.6. The number of nitrogens with one attached hydrogen (secondary N) is 2. The number of anilines is 1. The number of benzene rings is 2. The average molecular weight is 657 g/mol. The van der Waals surface area contributed by atoms with Crippen molar-refractivity contribution in [1.29, 1.82) is 0 Å². The summed E-state index contributed by atoms with van der Waals surface area (Å²) in [7, 11) is 0. The van der Waals surface area contributed by atoms with Crippen molar-refractivity contribution in [2.24, 2.45) is 17.8 Å². The second kappa shape index (κ2) is 12.2. The Balaban J connectivity index is 1.13. The summed E-state index contributed by atoms with van der Waals surface area (Å²) >= 11 is 0. The van der Waals surface area contributed by atoms with Gasteiger partial charge in [-0.2, -0.15) is 0 Å². The number of aromatic amines is 1. The van der Waals surface area contributed by atoms with E-state index in [1.807, 2.05) is 53.1 Å². The molecule has 2 N–H and O–H groups in total. The number of imidazole rings is 2. The molecule has 48 heavy (non-hydrogen) atoms. The van der Waals surface area contributed by atoms with Crippen molar-refractivity contribution in [3.63, 3.8) is 0 Å². The van der Waals surface area contributed by atoms with Gasteiger partial charge < -0.3 is 15.2 Å². The Labute approximate surface area is 276 Å². The van der Waals surface area contributed by atoms with E-state index < -0.39 is 36.7 Å². The van der Waals surface area contributed by atoms with Crippen molar-refractivity contribution >= 4 is 28.5 Å². The number of rotatable bonds is 8. The zero-order valence-electron chi connectivity index (χ0n) is 26.8. The van der Waals surface area contributed by atoms with E-state index in [2.05, 4.69) is 32.1 Å². The molecule has 1 aliphatic carbocycles. The van der Waals surface area contributed by atoms with E-state index in [0.717, 1.165) is 36.9 Å². The van der Waals surface area contributed by atoms with E-state index in [0.29, 0.717) is 48.4 Å². The minimum Gasteiger partial charge on any atom is -0.345 e. The Morgan fingerprint density at radius 1 is 1.02 bits per heavy atom. The maximum Gasteiger partial charge on any atom is 0.282 e. The molecule has 0 bridgehead atoms. The van der Waals surface area contributed by atoms with E-state index in [1.165, 1.54) is 4.90 Å².